The Bertz CT molecular complexity index is 567. The molecule has 0 radical (unpaired) electrons. The first-order valence-corrected chi connectivity index (χ1v) is 5.80. The summed E-state index contributed by atoms with van der Waals surface area (Å²) in [6.45, 7) is 1.93. The van der Waals surface area contributed by atoms with Crippen molar-refractivity contribution in [1.82, 2.24) is 14.9 Å². The van der Waals surface area contributed by atoms with Crippen LogP contribution in [0.25, 0.3) is 0 Å². The average Bonchev–Trinajstić information content (AvgIpc) is 2.65. The molecule has 0 spiro atoms. The highest BCUT2D eigenvalue weighted by Crippen LogP contribution is 2.11. The third-order valence-electron chi connectivity index (χ3n) is 2.06. The van der Waals surface area contributed by atoms with Gasteiger partial charge in [0.15, 0.2) is 0 Å². The van der Waals surface area contributed by atoms with Gasteiger partial charge >= 0.3 is 0 Å². The lowest BCUT2D eigenvalue weighted by molar-refractivity contribution is 0.855. The Morgan fingerprint density at radius 1 is 1.44 bits per heavy atom. The van der Waals surface area contributed by atoms with Crippen LogP contribution < -0.4 is 0 Å². The van der Waals surface area contributed by atoms with Crippen molar-refractivity contribution in [3.05, 3.63) is 45.4 Å². The van der Waals surface area contributed by atoms with Gasteiger partial charge in [-0.15, -0.1) is 0 Å². The summed E-state index contributed by atoms with van der Waals surface area (Å²) in [5, 5.41) is 10.8. The second-order valence-electron chi connectivity index (χ2n) is 3.20. The number of aromatic nitrogens is 3. The van der Waals surface area contributed by atoms with E-state index in [4.69, 9.17) is 12.2 Å². The van der Waals surface area contributed by atoms with Crippen molar-refractivity contribution in [2.24, 2.45) is 5.10 Å². The molecule has 1 N–H and O–H groups in total. The fraction of sp³-hybridized carbons (Fsp3) is 0.100. The topological polar surface area (TPSA) is 46.0 Å². The van der Waals surface area contributed by atoms with Crippen LogP contribution in [0.1, 0.15) is 12.5 Å². The number of H-pyrrole nitrogens is 1. The summed E-state index contributed by atoms with van der Waals surface area (Å²) in [5.74, 6) is 0. The molecular formula is C10H9BrN4S. The van der Waals surface area contributed by atoms with Crippen LogP contribution in [-0.4, -0.2) is 20.6 Å². The van der Waals surface area contributed by atoms with Crippen molar-refractivity contribution in [3.63, 3.8) is 0 Å². The van der Waals surface area contributed by atoms with Gasteiger partial charge in [0, 0.05) is 4.47 Å². The van der Waals surface area contributed by atoms with Crippen LogP contribution in [0.5, 0.6) is 0 Å². The first-order chi connectivity index (χ1) is 7.66. The minimum absolute atomic E-state index is 0.483. The van der Waals surface area contributed by atoms with Gasteiger partial charge in [0.1, 0.15) is 6.33 Å². The fourth-order valence-corrected chi connectivity index (χ4v) is 1.63. The van der Waals surface area contributed by atoms with Crippen LogP contribution in [0.2, 0.25) is 0 Å². The maximum Gasteiger partial charge on any atom is 0.216 e. The Morgan fingerprint density at radius 3 is 2.69 bits per heavy atom. The zero-order chi connectivity index (χ0) is 11.5. The highest BCUT2D eigenvalue weighted by atomic mass is 79.9. The predicted molar refractivity (Wildman–Crippen MR) is 69.2 cm³/mol. The van der Waals surface area contributed by atoms with Crippen molar-refractivity contribution in [2.45, 2.75) is 6.92 Å². The maximum absolute atomic E-state index is 5.00. The van der Waals surface area contributed by atoms with E-state index in [0.717, 1.165) is 15.7 Å². The number of aromatic amines is 1. The molecule has 0 unspecified atom stereocenters. The summed E-state index contributed by atoms with van der Waals surface area (Å²) >= 11 is 8.39. The molecule has 82 valence electrons. The van der Waals surface area contributed by atoms with Crippen molar-refractivity contribution in [3.8, 4) is 0 Å². The summed E-state index contributed by atoms with van der Waals surface area (Å²) in [6.07, 6.45) is 1.55. The largest absolute Gasteiger partial charge is 0.250 e. The van der Waals surface area contributed by atoms with Crippen molar-refractivity contribution in [1.29, 1.82) is 0 Å². The van der Waals surface area contributed by atoms with Crippen LogP contribution in [0.4, 0.5) is 0 Å². The van der Waals surface area contributed by atoms with Crippen LogP contribution in [0, 0.1) is 4.77 Å². The molecule has 0 saturated heterocycles. The van der Waals surface area contributed by atoms with E-state index in [0.29, 0.717) is 4.77 Å². The molecule has 6 heteroatoms. The molecule has 0 saturated carbocycles. The quantitative estimate of drug-likeness (QED) is 0.684. The molecule has 0 aliphatic heterocycles. The van der Waals surface area contributed by atoms with Gasteiger partial charge in [-0.1, -0.05) is 28.1 Å². The molecule has 0 aliphatic rings. The molecule has 0 fully saturated rings. The van der Waals surface area contributed by atoms with Crippen molar-refractivity contribution in [2.75, 3.05) is 0 Å². The Labute approximate surface area is 106 Å². The highest BCUT2D eigenvalue weighted by Gasteiger charge is 1.98. The molecule has 0 aliphatic carbocycles. The molecule has 2 aromatic rings. The second kappa shape index (κ2) is 4.71. The molecular weight excluding hydrogens is 288 g/mol. The number of nitrogens with one attached hydrogen (secondary N) is 1. The van der Waals surface area contributed by atoms with Gasteiger partial charge in [0.05, 0.1) is 5.71 Å². The van der Waals surface area contributed by atoms with Gasteiger partial charge < -0.3 is 0 Å². The van der Waals surface area contributed by atoms with Crippen LogP contribution >= 0.6 is 28.1 Å². The molecule has 16 heavy (non-hydrogen) atoms. The average molecular weight is 297 g/mol. The van der Waals surface area contributed by atoms with Gasteiger partial charge in [-0.05, 0) is 36.8 Å². The first kappa shape index (κ1) is 11.2. The van der Waals surface area contributed by atoms with E-state index >= 15 is 0 Å². The van der Waals surface area contributed by atoms with Crippen molar-refractivity contribution >= 4 is 33.9 Å². The van der Waals surface area contributed by atoms with Crippen molar-refractivity contribution < 1.29 is 0 Å². The van der Waals surface area contributed by atoms with E-state index < -0.39 is 0 Å². The Hall–Kier alpha value is -1.27. The molecule has 4 nitrogen and oxygen atoms in total. The summed E-state index contributed by atoms with van der Waals surface area (Å²) in [4.78, 5) is 0. The molecule has 2 rings (SSSR count). The summed E-state index contributed by atoms with van der Waals surface area (Å²) < 4.78 is 3.06. The molecule has 1 aromatic heterocycles. The van der Waals surface area contributed by atoms with Gasteiger partial charge in [0.25, 0.3) is 0 Å². The Balaban J connectivity index is 2.35. The zero-order valence-electron chi connectivity index (χ0n) is 8.51. The number of hydrogen-bond acceptors (Lipinski definition) is 3. The third-order valence-corrected chi connectivity index (χ3v) is 2.86. The third kappa shape index (κ3) is 2.45. The lowest BCUT2D eigenvalue weighted by atomic mass is 10.1. The van der Waals surface area contributed by atoms with Crippen LogP contribution in [-0.2, 0) is 0 Å². The fourth-order valence-electron chi connectivity index (χ4n) is 1.22. The second-order valence-corrected chi connectivity index (χ2v) is 4.50. The van der Waals surface area contributed by atoms with Crippen LogP contribution in [0.15, 0.2) is 40.2 Å². The Kier molecular flexibility index (Phi) is 3.31. The smallest absolute Gasteiger partial charge is 0.216 e. The molecule has 0 bridgehead atoms. The zero-order valence-corrected chi connectivity index (χ0v) is 10.9. The summed E-state index contributed by atoms with van der Waals surface area (Å²) in [7, 11) is 0. The van der Waals surface area contributed by atoms with E-state index in [2.05, 4.69) is 31.2 Å². The summed E-state index contributed by atoms with van der Waals surface area (Å²) in [5.41, 5.74) is 1.93. The minimum Gasteiger partial charge on any atom is -0.250 e. The van der Waals surface area contributed by atoms with Gasteiger partial charge in [-0.2, -0.15) is 14.9 Å². The summed E-state index contributed by atoms with van der Waals surface area (Å²) in [6, 6.07) is 7.94. The van der Waals surface area contributed by atoms with E-state index in [9.17, 15) is 0 Å². The molecule has 0 amide bonds. The Morgan fingerprint density at radius 2 is 2.12 bits per heavy atom. The van der Waals surface area contributed by atoms with E-state index in [1.165, 1.54) is 4.68 Å². The van der Waals surface area contributed by atoms with E-state index in [1.807, 2.05) is 31.2 Å². The minimum atomic E-state index is 0.483. The molecule has 0 atom stereocenters. The lowest BCUT2D eigenvalue weighted by Gasteiger charge is -2.00. The SMILES string of the molecule is CC(=Nn1cn[nH]c1=S)c1ccc(Br)cc1. The number of halogens is 1. The van der Waals surface area contributed by atoms with Gasteiger partial charge in [-0.25, -0.2) is 0 Å². The standard InChI is InChI=1S/C10H9BrN4S/c1-7(8-2-4-9(11)5-3-8)14-15-6-12-13-10(15)16/h2-6H,1H3,(H,13,16). The number of hydrogen-bond donors (Lipinski definition) is 1. The van der Waals surface area contributed by atoms with Gasteiger partial charge in [-0.3, -0.25) is 5.10 Å². The molecule has 1 heterocycles. The normalized spacial score (nSPS) is 11.8. The first-order valence-electron chi connectivity index (χ1n) is 4.60. The monoisotopic (exact) mass is 296 g/mol. The van der Waals surface area contributed by atoms with E-state index in [1.54, 1.807) is 6.33 Å². The van der Waals surface area contributed by atoms with Crippen LogP contribution in [0.3, 0.4) is 0 Å². The maximum atomic E-state index is 5.00. The van der Waals surface area contributed by atoms with Gasteiger partial charge in [0.2, 0.25) is 4.77 Å². The lowest BCUT2D eigenvalue weighted by Crippen LogP contribution is -1.98. The molecule has 1 aromatic carbocycles. The number of rotatable bonds is 2. The highest BCUT2D eigenvalue weighted by molar-refractivity contribution is 9.10. The predicted octanol–water partition coefficient (Wildman–Crippen LogP) is 2.98. The number of nitrogens with zero attached hydrogens (tertiary/aromatic N) is 3. The number of benzene rings is 1. The van der Waals surface area contributed by atoms with E-state index in [-0.39, 0.29) is 0 Å².